The van der Waals surface area contributed by atoms with E-state index in [-0.39, 0.29) is 11.5 Å². The van der Waals surface area contributed by atoms with Crippen molar-refractivity contribution in [3.05, 3.63) is 29.8 Å². The van der Waals surface area contributed by atoms with Crippen molar-refractivity contribution < 1.29 is 24.2 Å². The van der Waals surface area contributed by atoms with Gasteiger partial charge in [0, 0.05) is 12.1 Å². The molecule has 2 aliphatic rings. The number of rotatable bonds is 4. The van der Waals surface area contributed by atoms with E-state index < -0.39 is 12.6 Å². The standard InChI is InChI=1S/C16H19NO5/c18-14(19)10-21-13-4-1-3-12(9-13)15(20)17-7-8-22-16(11-17)5-2-6-16/h1,3-4,9H,2,5-8,10-11H2,(H,18,19). The minimum Gasteiger partial charge on any atom is -0.482 e. The van der Waals surface area contributed by atoms with Crippen LogP contribution in [0.3, 0.4) is 0 Å². The third-order valence-electron chi connectivity index (χ3n) is 4.24. The number of ether oxygens (including phenoxy) is 2. The minimum atomic E-state index is -1.04. The molecule has 1 aromatic rings. The van der Waals surface area contributed by atoms with E-state index in [1.807, 2.05) is 4.90 Å². The number of hydrogen-bond acceptors (Lipinski definition) is 4. The van der Waals surface area contributed by atoms with Gasteiger partial charge in [-0.3, -0.25) is 4.79 Å². The van der Waals surface area contributed by atoms with E-state index in [1.54, 1.807) is 24.3 Å². The van der Waals surface area contributed by atoms with Gasteiger partial charge < -0.3 is 19.5 Å². The maximum absolute atomic E-state index is 12.6. The molecule has 1 saturated carbocycles. The number of amides is 1. The van der Waals surface area contributed by atoms with Crippen LogP contribution in [0.25, 0.3) is 0 Å². The fraction of sp³-hybridized carbons (Fsp3) is 0.500. The Morgan fingerprint density at radius 3 is 2.86 bits per heavy atom. The van der Waals surface area contributed by atoms with Crippen LogP contribution in [0, 0.1) is 0 Å². The predicted octanol–water partition coefficient (Wildman–Crippen LogP) is 1.55. The van der Waals surface area contributed by atoms with Crippen LogP contribution in [0.4, 0.5) is 0 Å². The Bertz CT molecular complexity index is 582. The maximum atomic E-state index is 12.6. The van der Waals surface area contributed by atoms with Crippen LogP contribution in [0.5, 0.6) is 5.75 Å². The number of hydrogen-bond donors (Lipinski definition) is 1. The first kappa shape index (κ1) is 14.8. The number of nitrogens with zero attached hydrogens (tertiary/aromatic N) is 1. The topological polar surface area (TPSA) is 76.1 Å². The summed E-state index contributed by atoms with van der Waals surface area (Å²) < 4.78 is 10.9. The van der Waals surface area contributed by atoms with Crippen molar-refractivity contribution >= 4 is 11.9 Å². The average Bonchev–Trinajstić information content (AvgIpc) is 2.51. The highest BCUT2D eigenvalue weighted by Crippen LogP contribution is 2.38. The fourth-order valence-electron chi connectivity index (χ4n) is 2.94. The molecule has 1 saturated heterocycles. The Kier molecular flexibility index (Phi) is 4.02. The lowest BCUT2D eigenvalue weighted by atomic mass is 9.79. The van der Waals surface area contributed by atoms with Gasteiger partial charge in [0.15, 0.2) is 6.61 Å². The highest BCUT2D eigenvalue weighted by molar-refractivity contribution is 5.94. The Balaban J connectivity index is 1.68. The number of carbonyl (C=O) groups excluding carboxylic acids is 1. The summed E-state index contributed by atoms with van der Waals surface area (Å²) in [4.78, 5) is 25.0. The van der Waals surface area contributed by atoms with Crippen LogP contribution in [-0.4, -0.2) is 53.8 Å². The van der Waals surface area contributed by atoms with E-state index in [9.17, 15) is 9.59 Å². The van der Waals surface area contributed by atoms with Crippen molar-refractivity contribution in [2.24, 2.45) is 0 Å². The lowest BCUT2D eigenvalue weighted by Crippen LogP contribution is -2.57. The highest BCUT2D eigenvalue weighted by atomic mass is 16.5. The molecule has 1 aliphatic carbocycles. The molecular weight excluding hydrogens is 286 g/mol. The number of carboxylic acid groups (broad SMARTS) is 1. The molecule has 118 valence electrons. The van der Waals surface area contributed by atoms with E-state index in [4.69, 9.17) is 14.6 Å². The van der Waals surface area contributed by atoms with Gasteiger partial charge in [0.05, 0.1) is 18.8 Å². The van der Waals surface area contributed by atoms with Gasteiger partial charge in [-0.25, -0.2) is 4.79 Å². The molecule has 2 fully saturated rings. The number of morpholine rings is 1. The Morgan fingerprint density at radius 2 is 2.18 bits per heavy atom. The van der Waals surface area contributed by atoms with Gasteiger partial charge >= 0.3 is 5.97 Å². The lowest BCUT2D eigenvalue weighted by molar-refractivity contribution is -0.142. The zero-order valence-corrected chi connectivity index (χ0v) is 12.3. The smallest absolute Gasteiger partial charge is 0.341 e. The molecule has 1 amide bonds. The quantitative estimate of drug-likeness (QED) is 0.913. The van der Waals surface area contributed by atoms with Gasteiger partial charge in [-0.1, -0.05) is 6.07 Å². The molecule has 3 rings (SSSR count). The van der Waals surface area contributed by atoms with Crippen molar-refractivity contribution in [1.82, 2.24) is 4.90 Å². The van der Waals surface area contributed by atoms with E-state index in [0.29, 0.717) is 31.0 Å². The molecule has 1 spiro atoms. The monoisotopic (exact) mass is 305 g/mol. The van der Waals surface area contributed by atoms with Crippen LogP contribution >= 0.6 is 0 Å². The van der Waals surface area contributed by atoms with E-state index >= 15 is 0 Å². The minimum absolute atomic E-state index is 0.0599. The predicted molar refractivity (Wildman–Crippen MR) is 78.0 cm³/mol. The molecule has 0 bridgehead atoms. The largest absolute Gasteiger partial charge is 0.482 e. The normalized spacial score (nSPS) is 19.5. The van der Waals surface area contributed by atoms with Crippen molar-refractivity contribution in [3.8, 4) is 5.75 Å². The van der Waals surface area contributed by atoms with Crippen molar-refractivity contribution in [2.45, 2.75) is 24.9 Å². The second kappa shape index (κ2) is 5.96. The van der Waals surface area contributed by atoms with Crippen LogP contribution in [0.2, 0.25) is 0 Å². The van der Waals surface area contributed by atoms with Gasteiger partial charge in [0.2, 0.25) is 0 Å². The summed E-state index contributed by atoms with van der Waals surface area (Å²) in [5.41, 5.74) is 0.380. The first-order chi connectivity index (χ1) is 10.6. The molecule has 22 heavy (non-hydrogen) atoms. The lowest BCUT2D eigenvalue weighted by Gasteiger charge is -2.48. The van der Waals surface area contributed by atoms with Gasteiger partial charge in [-0.05, 0) is 37.5 Å². The highest BCUT2D eigenvalue weighted by Gasteiger charge is 2.43. The number of benzene rings is 1. The first-order valence-corrected chi connectivity index (χ1v) is 7.46. The summed E-state index contributed by atoms with van der Waals surface area (Å²) in [6.07, 6.45) is 3.18. The van der Waals surface area contributed by atoms with Gasteiger partial charge in [0.1, 0.15) is 5.75 Å². The van der Waals surface area contributed by atoms with Crippen molar-refractivity contribution in [2.75, 3.05) is 26.3 Å². The Labute approximate surface area is 128 Å². The van der Waals surface area contributed by atoms with E-state index in [0.717, 1.165) is 19.3 Å². The van der Waals surface area contributed by atoms with Crippen molar-refractivity contribution in [1.29, 1.82) is 0 Å². The van der Waals surface area contributed by atoms with Crippen LogP contribution in [0.15, 0.2) is 24.3 Å². The third kappa shape index (κ3) is 3.06. The zero-order chi connectivity index (χ0) is 15.6. The molecule has 0 unspecified atom stereocenters. The summed E-state index contributed by atoms with van der Waals surface area (Å²) in [5, 5.41) is 8.63. The molecule has 1 N–H and O–H groups in total. The first-order valence-electron chi connectivity index (χ1n) is 7.46. The third-order valence-corrected chi connectivity index (χ3v) is 4.24. The van der Waals surface area contributed by atoms with E-state index in [2.05, 4.69) is 0 Å². The van der Waals surface area contributed by atoms with Crippen LogP contribution < -0.4 is 4.74 Å². The zero-order valence-electron chi connectivity index (χ0n) is 12.3. The van der Waals surface area contributed by atoms with Crippen LogP contribution in [0.1, 0.15) is 29.6 Å². The van der Waals surface area contributed by atoms with Crippen molar-refractivity contribution in [3.63, 3.8) is 0 Å². The molecule has 1 aliphatic heterocycles. The summed E-state index contributed by atoms with van der Waals surface area (Å²) in [6, 6.07) is 6.66. The summed E-state index contributed by atoms with van der Waals surface area (Å²) >= 11 is 0. The maximum Gasteiger partial charge on any atom is 0.341 e. The number of carboxylic acids is 1. The average molecular weight is 305 g/mol. The molecule has 6 nitrogen and oxygen atoms in total. The molecule has 6 heteroatoms. The second-order valence-electron chi connectivity index (χ2n) is 5.82. The summed E-state index contributed by atoms with van der Waals surface area (Å²) in [5.74, 6) is -0.716. The number of aliphatic carboxylic acids is 1. The van der Waals surface area contributed by atoms with Crippen LogP contribution in [-0.2, 0) is 9.53 Å². The fourth-order valence-corrected chi connectivity index (χ4v) is 2.94. The van der Waals surface area contributed by atoms with Gasteiger partial charge in [0.25, 0.3) is 5.91 Å². The summed E-state index contributed by atoms with van der Waals surface area (Å²) in [7, 11) is 0. The van der Waals surface area contributed by atoms with E-state index in [1.165, 1.54) is 0 Å². The molecule has 1 heterocycles. The molecule has 0 aromatic heterocycles. The number of carbonyl (C=O) groups is 2. The molecule has 0 radical (unpaired) electrons. The van der Waals surface area contributed by atoms with Gasteiger partial charge in [-0.2, -0.15) is 0 Å². The Hall–Kier alpha value is -2.08. The SMILES string of the molecule is O=C(O)COc1cccc(C(=O)N2CCOC3(CCC3)C2)c1. The van der Waals surface area contributed by atoms with Gasteiger partial charge in [-0.15, -0.1) is 0 Å². The molecule has 0 atom stereocenters. The second-order valence-corrected chi connectivity index (χ2v) is 5.82. The Morgan fingerprint density at radius 1 is 1.36 bits per heavy atom. The molecule has 1 aromatic carbocycles. The summed E-state index contributed by atoms with van der Waals surface area (Å²) in [6.45, 7) is 1.37. The molecular formula is C16H19NO5.